The van der Waals surface area contributed by atoms with E-state index in [-0.39, 0.29) is 18.2 Å². The van der Waals surface area contributed by atoms with Gasteiger partial charge in [0.15, 0.2) is 5.78 Å². The molecule has 1 aromatic rings. The maximum atomic E-state index is 11.9. The van der Waals surface area contributed by atoms with Gasteiger partial charge >= 0.3 is 0 Å². The second-order valence-corrected chi connectivity index (χ2v) is 4.34. The van der Waals surface area contributed by atoms with Crippen molar-refractivity contribution >= 4 is 17.4 Å². The van der Waals surface area contributed by atoms with Gasteiger partial charge in [0, 0.05) is 17.5 Å². The number of hydrogen-bond donors (Lipinski definition) is 1. The lowest BCUT2D eigenvalue weighted by Crippen LogP contribution is -2.20. The molecule has 4 heteroatoms. The third-order valence-corrected chi connectivity index (χ3v) is 2.47. The number of rotatable bonds is 4. The summed E-state index contributed by atoms with van der Waals surface area (Å²) in [5.74, 6) is 0.535. The molecule has 1 rings (SSSR count). The lowest BCUT2D eigenvalue weighted by atomic mass is 10.0. The Morgan fingerprint density at radius 3 is 2.69 bits per heavy atom. The van der Waals surface area contributed by atoms with Crippen molar-refractivity contribution in [3.63, 3.8) is 0 Å². The SMILES string of the molecule is COc1c(C)cc(Cl)cc1C(=O)CC(C)N. The number of methoxy groups -OCH3 is 1. The molecule has 88 valence electrons. The van der Waals surface area contributed by atoms with Gasteiger partial charge in [0.05, 0.1) is 12.7 Å². The maximum Gasteiger partial charge on any atom is 0.168 e. The molecular formula is C12H16ClNO2. The highest BCUT2D eigenvalue weighted by Crippen LogP contribution is 2.28. The summed E-state index contributed by atoms with van der Waals surface area (Å²) in [6.45, 7) is 3.65. The summed E-state index contributed by atoms with van der Waals surface area (Å²) in [7, 11) is 1.54. The fourth-order valence-electron chi connectivity index (χ4n) is 1.61. The molecule has 0 aliphatic carbocycles. The summed E-state index contributed by atoms with van der Waals surface area (Å²) in [5.41, 5.74) is 6.96. The first-order valence-corrected chi connectivity index (χ1v) is 5.46. The van der Waals surface area contributed by atoms with Crippen LogP contribution in [0.1, 0.15) is 29.3 Å². The number of aryl methyl sites for hydroxylation is 1. The van der Waals surface area contributed by atoms with Gasteiger partial charge in [-0.15, -0.1) is 0 Å². The topological polar surface area (TPSA) is 52.3 Å². The lowest BCUT2D eigenvalue weighted by molar-refractivity contribution is 0.0973. The molecule has 2 N–H and O–H groups in total. The van der Waals surface area contributed by atoms with Gasteiger partial charge in [-0.25, -0.2) is 0 Å². The van der Waals surface area contributed by atoms with Crippen molar-refractivity contribution in [1.29, 1.82) is 0 Å². The maximum absolute atomic E-state index is 11.9. The van der Waals surface area contributed by atoms with Crippen molar-refractivity contribution in [2.24, 2.45) is 5.73 Å². The number of Topliss-reactive ketones (excluding diaryl/α,β-unsaturated/α-hetero) is 1. The Kier molecular flexibility index (Phi) is 4.33. The van der Waals surface area contributed by atoms with E-state index in [1.165, 1.54) is 0 Å². The van der Waals surface area contributed by atoms with E-state index in [1.54, 1.807) is 26.2 Å². The van der Waals surface area contributed by atoms with Crippen LogP contribution in [0.2, 0.25) is 5.02 Å². The summed E-state index contributed by atoms with van der Waals surface area (Å²) < 4.78 is 5.21. The molecule has 0 bridgehead atoms. The minimum absolute atomic E-state index is 0.0440. The summed E-state index contributed by atoms with van der Waals surface area (Å²) in [5, 5.41) is 0.534. The van der Waals surface area contributed by atoms with Crippen molar-refractivity contribution in [1.82, 2.24) is 0 Å². The average molecular weight is 242 g/mol. The predicted molar refractivity (Wildman–Crippen MR) is 65.3 cm³/mol. The average Bonchev–Trinajstić information content (AvgIpc) is 2.15. The van der Waals surface area contributed by atoms with E-state index < -0.39 is 0 Å². The summed E-state index contributed by atoms with van der Waals surface area (Å²) >= 11 is 5.92. The molecule has 1 aromatic carbocycles. The van der Waals surface area contributed by atoms with E-state index in [1.807, 2.05) is 6.92 Å². The fraction of sp³-hybridized carbons (Fsp3) is 0.417. The van der Waals surface area contributed by atoms with Crippen LogP contribution in [0.15, 0.2) is 12.1 Å². The summed E-state index contributed by atoms with van der Waals surface area (Å²) in [4.78, 5) is 11.9. The van der Waals surface area contributed by atoms with Gasteiger partial charge in [-0.3, -0.25) is 4.79 Å². The molecule has 0 aliphatic heterocycles. The van der Waals surface area contributed by atoms with Crippen molar-refractivity contribution in [2.45, 2.75) is 26.3 Å². The second-order valence-electron chi connectivity index (χ2n) is 3.91. The smallest absolute Gasteiger partial charge is 0.168 e. The number of carbonyl (C=O) groups is 1. The van der Waals surface area contributed by atoms with Crippen molar-refractivity contribution < 1.29 is 9.53 Å². The highest BCUT2D eigenvalue weighted by Gasteiger charge is 2.16. The highest BCUT2D eigenvalue weighted by molar-refractivity contribution is 6.31. The first-order valence-electron chi connectivity index (χ1n) is 5.08. The van der Waals surface area contributed by atoms with Crippen molar-refractivity contribution in [3.05, 3.63) is 28.3 Å². The van der Waals surface area contributed by atoms with Crippen LogP contribution in [0, 0.1) is 6.92 Å². The van der Waals surface area contributed by atoms with Gasteiger partial charge in [-0.2, -0.15) is 0 Å². The van der Waals surface area contributed by atoms with Crippen LogP contribution < -0.4 is 10.5 Å². The number of ketones is 1. The Balaban J connectivity index is 3.15. The van der Waals surface area contributed by atoms with Crippen LogP contribution >= 0.6 is 11.6 Å². The van der Waals surface area contributed by atoms with Gasteiger partial charge in [0.25, 0.3) is 0 Å². The molecule has 0 fully saturated rings. The van der Waals surface area contributed by atoms with Crippen LogP contribution in [-0.2, 0) is 0 Å². The van der Waals surface area contributed by atoms with Crippen LogP contribution in [-0.4, -0.2) is 18.9 Å². The number of ether oxygens (including phenoxy) is 1. The number of halogens is 1. The van der Waals surface area contributed by atoms with Gasteiger partial charge in [0.2, 0.25) is 0 Å². The summed E-state index contributed by atoms with van der Waals surface area (Å²) in [6, 6.07) is 3.22. The molecule has 0 aromatic heterocycles. The lowest BCUT2D eigenvalue weighted by Gasteiger charge is -2.12. The van der Waals surface area contributed by atoms with E-state index in [4.69, 9.17) is 22.1 Å². The quantitative estimate of drug-likeness (QED) is 0.825. The van der Waals surface area contributed by atoms with Gasteiger partial charge in [-0.1, -0.05) is 11.6 Å². The van der Waals surface area contributed by atoms with Crippen LogP contribution in [0.4, 0.5) is 0 Å². The van der Waals surface area contributed by atoms with E-state index >= 15 is 0 Å². The third-order valence-electron chi connectivity index (χ3n) is 2.25. The van der Waals surface area contributed by atoms with Gasteiger partial charge < -0.3 is 10.5 Å². The van der Waals surface area contributed by atoms with Gasteiger partial charge in [-0.05, 0) is 31.5 Å². The van der Waals surface area contributed by atoms with E-state index in [2.05, 4.69) is 0 Å². The Bertz CT molecular complexity index is 402. The molecule has 0 aliphatic rings. The Hall–Kier alpha value is -1.06. The van der Waals surface area contributed by atoms with Crippen molar-refractivity contribution in [2.75, 3.05) is 7.11 Å². The molecule has 0 saturated carbocycles. The van der Waals surface area contributed by atoms with Crippen LogP contribution in [0.25, 0.3) is 0 Å². The molecule has 0 amide bonds. The highest BCUT2D eigenvalue weighted by atomic mass is 35.5. The molecule has 0 radical (unpaired) electrons. The zero-order valence-corrected chi connectivity index (χ0v) is 10.5. The number of hydrogen-bond acceptors (Lipinski definition) is 3. The minimum Gasteiger partial charge on any atom is -0.496 e. The van der Waals surface area contributed by atoms with Crippen LogP contribution in [0.5, 0.6) is 5.75 Å². The zero-order chi connectivity index (χ0) is 12.3. The number of carbonyl (C=O) groups excluding carboxylic acids is 1. The molecule has 0 spiro atoms. The van der Waals surface area contributed by atoms with Crippen LogP contribution in [0.3, 0.4) is 0 Å². The predicted octanol–water partition coefficient (Wildman–Crippen LogP) is 2.58. The first-order chi connectivity index (χ1) is 7.45. The molecule has 1 unspecified atom stereocenters. The largest absolute Gasteiger partial charge is 0.496 e. The summed E-state index contributed by atoms with van der Waals surface area (Å²) in [6.07, 6.45) is 0.288. The number of benzene rings is 1. The number of nitrogens with two attached hydrogens (primary N) is 1. The van der Waals surface area contributed by atoms with Gasteiger partial charge in [0.1, 0.15) is 5.75 Å². The standard InChI is InChI=1S/C12H16ClNO2/c1-7-4-9(13)6-10(12(7)16-3)11(15)5-8(2)14/h4,6,8H,5,14H2,1-3H3. The molecular weight excluding hydrogens is 226 g/mol. The third kappa shape index (κ3) is 2.97. The van der Waals surface area contributed by atoms with Crippen molar-refractivity contribution in [3.8, 4) is 5.75 Å². The minimum atomic E-state index is -0.170. The molecule has 0 saturated heterocycles. The normalized spacial score (nSPS) is 12.3. The monoisotopic (exact) mass is 241 g/mol. The Morgan fingerprint density at radius 2 is 2.19 bits per heavy atom. The molecule has 0 heterocycles. The Labute approximate surface area is 101 Å². The van der Waals surface area contributed by atoms with E-state index in [0.29, 0.717) is 16.3 Å². The second kappa shape index (κ2) is 5.32. The fourth-order valence-corrected chi connectivity index (χ4v) is 1.88. The molecule has 3 nitrogen and oxygen atoms in total. The molecule has 1 atom stereocenters. The Morgan fingerprint density at radius 1 is 1.56 bits per heavy atom. The zero-order valence-electron chi connectivity index (χ0n) is 9.71. The first kappa shape index (κ1) is 13.0. The molecule has 16 heavy (non-hydrogen) atoms. The van der Waals surface area contributed by atoms with E-state index in [9.17, 15) is 4.79 Å². The van der Waals surface area contributed by atoms with E-state index in [0.717, 1.165) is 5.56 Å².